The van der Waals surface area contributed by atoms with E-state index in [2.05, 4.69) is 214 Å². The zero-order chi connectivity index (χ0) is 42.8. The fourth-order valence-electron chi connectivity index (χ4n) is 11.3. The summed E-state index contributed by atoms with van der Waals surface area (Å²) in [7, 11) is 0. The zero-order valence-electron chi connectivity index (χ0n) is 38.1. The van der Waals surface area contributed by atoms with Gasteiger partial charge in [-0.15, -0.1) is 0 Å². The molecule has 0 N–H and O–H groups in total. The summed E-state index contributed by atoms with van der Waals surface area (Å²) in [6, 6.07) is 47.3. The fourth-order valence-corrected chi connectivity index (χ4v) is 22.6. The van der Waals surface area contributed by atoms with Gasteiger partial charge in [0.1, 0.15) is 0 Å². The Hall–Kier alpha value is -5.26. The summed E-state index contributed by atoms with van der Waals surface area (Å²) in [5.74, 6) is 2.12. The molecule has 0 bridgehead atoms. The summed E-state index contributed by atoms with van der Waals surface area (Å²) >= 11 is -3.60. The molecule has 1 unspecified atom stereocenters. The van der Waals surface area contributed by atoms with E-state index in [1.807, 2.05) is 0 Å². The van der Waals surface area contributed by atoms with E-state index in [-0.39, 0.29) is 21.7 Å². The molecule has 0 fully saturated rings. The summed E-state index contributed by atoms with van der Waals surface area (Å²) in [6.07, 6.45) is 0. The molecule has 0 saturated heterocycles. The van der Waals surface area contributed by atoms with Crippen LogP contribution in [-0.2, 0) is 21.7 Å². The standard InChI is InChI=1S/C57H58GeN2O/c1-13-58-51-45-27-36(54(2,3)4)28-46(51)60(40-24-25-42-41-20-16-17-21-43(41)57(11,12)44(42)33-40)48-30-38(56(8,9)10)32-50(53(48)58)61-49-31-37(55(5,6)7)29-47(52(49)58)59(45)39-23-22-34-18-14-15-19-35(34)26-39/h14-33H,13H2,1-12H3. The summed E-state index contributed by atoms with van der Waals surface area (Å²) in [5, 5.41) is 3.58. The maximum absolute atomic E-state index is 7.51. The number of nitrogens with zero attached hydrogens (tertiary/aromatic N) is 2. The van der Waals surface area contributed by atoms with Gasteiger partial charge >= 0.3 is 368 Å². The minimum atomic E-state index is -3.60. The summed E-state index contributed by atoms with van der Waals surface area (Å²) in [4.78, 5) is 5.30. The SMILES string of the molecule is C[CH2][Ge]12[c]3c4cc(C(C)(C)C)cc3N(c3ccc5c(c3)C(C)(C)c3ccccc3-5)c3cc(C(C)(C)C)cc([c]31)N(c1ccc3ccccc3c1)c1cc(C(C)(C)C)cc([c]12)O4. The topological polar surface area (TPSA) is 15.7 Å². The van der Waals surface area contributed by atoms with Crippen LogP contribution in [-0.4, -0.2) is 13.3 Å². The molecular weight excluding hydrogens is 801 g/mol. The van der Waals surface area contributed by atoms with Crippen LogP contribution in [0.2, 0.25) is 5.25 Å². The van der Waals surface area contributed by atoms with E-state index in [9.17, 15) is 0 Å². The van der Waals surface area contributed by atoms with Crippen LogP contribution < -0.4 is 27.7 Å². The molecule has 11 rings (SSSR count). The summed E-state index contributed by atoms with van der Waals surface area (Å²) in [6.45, 7) is 28.5. The molecular formula is C57H58GeN2O. The predicted octanol–water partition coefficient (Wildman–Crippen LogP) is 14.2. The monoisotopic (exact) mass is 860 g/mol. The molecule has 0 amide bonds. The van der Waals surface area contributed by atoms with E-state index in [4.69, 9.17) is 4.74 Å². The number of ether oxygens (including phenoxy) is 1. The number of fused-ring (bicyclic) bond motifs is 4. The number of hydrogen-bond acceptors (Lipinski definition) is 3. The van der Waals surface area contributed by atoms with Crippen molar-refractivity contribution in [3.05, 3.63) is 149 Å². The molecule has 0 radical (unpaired) electrons. The average Bonchev–Trinajstić information content (AvgIpc) is 3.44. The molecule has 4 heteroatoms. The van der Waals surface area contributed by atoms with Crippen molar-refractivity contribution >= 4 is 71.4 Å². The van der Waals surface area contributed by atoms with Crippen LogP contribution in [0, 0.1) is 0 Å². The third kappa shape index (κ3) is 5.29. The number of rotatable bonds is 3. The van der Waals surface area contributed by atoms with Gasteiger partial charge in [-0.3, -0.25) is 0 Å². The van der Waals surface area contributed by atoms with E-state index >= 15 is 0 Å². The van der Waals surface area contributed by atoms with Gasteiger partial charge in [0.05, 0.1) is 0 Å². The Morgan fingerprint density at radius 1 is 0.475 bits per heavy atom. The number of hydrogen-bond donors (Lipinski definition) is 0. The second-order valence-electron chi connectivity index (χ2n) is 21.8. The van der Waals surface area contributed by atoms with Crippen LogP contribution in [0.3, 0.4) is 0 Å². The molecule has 7 aromatic rings. The predicted molar refractivity (Wildman–Crippen MR) is 262 cm³/mol. The molecule has 7 aromatic carbocycles. The Labute approximate surface area is 365 Å². The van der Waals surface area contributed by atoms with E-state index in [1.54, 1.807) is 4.40 Å². The van der Waals surface area contributed by atoms with Crippen molar-refractivity contribution in [2.45, 2.75) is 110 Å². The molecule has 0 saturated carbocycles. The van der Waals surface area contributed by atoms with Gasteiger partial charge in [-0.1, -0.05) is 0 Å². The van der Waals surface area contributed by atoms with Gasteiger partial charge < -0.3 is 0 Å². The molecule has 4 aliphatic rings. The molecule has 3 heterocycles. The normalized spacial score (nSPS) is 17.8. The van der Waals surface area contributed by atoms with Crippen LogP contribution in [0.25, 0.3) is 21.9 Å². The van der Waals surface area contributed by atoms with Gasteiger partial charge in [-0.2, -0.15) is 0 Å². The summed E-state index contributed by atoms with van der Waals surface area (Å²) < 4.78 is 12.0. The maximum atomic E-state index is 7.51. The summed E-state index contributed by atoms with van der Waals surface area (Å²) in [5.41, 5.74) is 16.7. The molecule has 1 atom stereocenters. The van der Waals surface area contributed by atoms with Crippen molar-refractivity contribution in [2.24, 2.45) is 0 Å². The molecule has 1 aliphatic carbocycles. The van der Waals surface area contributed by atoms with Crippen LogP contribution in [0.4, 0.5) is 34.1 Å². The van der Waals surface area contributed by atoms with Gasteiger partial charge in [0.2, 0.25) is 0 Å². The Balaban J connectivity index is 1.31. The van der Waals surface area contributed by atoms with Crippen LogP contribution in [0.5, 0.6) is 11.5 Å². The van der Waals surface area contributed by atoms with Crippen molar-refractivity contribution in [2.75, 3.05) is 9.80 Å². The molecule has 0 spiro atoms. The average molecular weight is 860 g/mol. The number of anilines is 6. The zero-order valence-corrected chi connectivity index (χ0v) is 40.2. The quantitative estimate of drug-likeness (QED) is 0.165. The first kappa shape index (κ1) is 38.6. The van der Waals surface area contributed by atoms with Crippen molar-refractivity contribution in [3.63, 3.8) is 0 Å². The van der Waals surface area contributed by atoms with Crippen LogP contribution in [0.1, 0.15) is 111 Å². The number of benzene rings is 7. The Morgan fingerprint density at radius 3 is 1.49 bits per heavy atom. The van der Waals surface area contributed by atoms with Crippen molar-refractivity contribution < 1.29 is 4.74 Å². The van der Waals surface area contributed by atoms with Gasteiger partial charge in [0.15, 0.2) is 0 Å². The molecule has 3 aliphatic heterocycles. The Bertz CT molecular complexity index is 3040. The van der Waals surface area contributed by atoms with Gasteiger partial charge in [-0.05, 0) is 0 Å². The molecule has 3 nitrogen and oxygen atoms in total. The third-order valence-corrected chi connectivity index (χ3v) is 25.4. The second kappa shape index (κ2) is 12.4. The van der Waals surface area contributed by atoms with E-state index in [0.29, 0.717) is 0 Å². The Morgan fingerprint density at radius 2 is 0.934 bits per heavy atom. The Kier molecular flexibility index (Phi) is 7.88. The molecule has 61 heavy (non-hydrogen) atoms. The van der Waals surface area contributed by atoms with Crippen molar-refractivity contribution in [1.29, 1.82) is 0 Å². The van der Waals surface area contributed by atoms with E-state index in [1.165, 1.54) is 92.6 Å². The van der Waals surface area contributed by atoms with Crippen LogP contribution >= 0.6 is 0 Å². The molecule has 0 aromatic heterocycles. The first-order valence-electron chi connectivity index (χ1n) is 22.4. The fraction of sp³-hybridized carbons (Fsp3) is 0.298. The van der Waals surface area contributed by atoms with Crippen molar-refractivity contribution in [3.8, 4) is 22.6 Å². The van der Waals surface area contributed by atoms with E-state index in [0.717, 1.165) is 16.8 Å². The minimum absolute atomic E-state index is 0.0852. The van der Waals surface area contributed by atoms with Gasteiger partial charge in [0.25, 0.3) is 0 Å². The van der Waals surface area contributed by atoms with Crippen LogP contribution in [0.15, 0.2) is 121 Å². The third-order valence-electron chi connectivity index (χ3n) is 14.7. The van der Waals surface area contributed by atoms with Gasteiger partial charge in [-0.25, -0.2) is 0 Å². The second-order valence-corrected chi connectivity index (χ2v) is 30.3. The van der Waals surface area contributed by atoms with Gasteiger partial charge in [0, 0.05) is 0 Å². The first-order chi connectivity index (χ1) is 28.8. The van der Waals surface area contributed by atoms with E-state index < -0.39 is 13.3 Å². The van der Waals surface area contributed by atoms with Crippen molar-refractivity contribution in [1.82, 2.24) is 0 Å². The first-order valence-corrected chi connectivity index (χ1v) is 27.0. The molecule has 306 valence electrons.